The molecule has 140 valence electrons. The molecule has 1 unspecified atom stereocenters. The third-order valence-corrected chi connectivity index (χ3v) is 5.43. The normalized spacial score (nSPS) is 12.8. The quantitative estimate of drug-likeness (QED) is 0.383. The summed E-state index contributed by atoms with van der Waals surface area (Å²) in [5.41, 5.74) is 2.73. The molecule has 3 rings (SSSR count). The molecular weight excluding hydrogens is 318 g/mol. The third kappa shape index (κ3) is 4.88. The van der Waals surface area contributed by atoms with Gasteiger partial charge in [0.2, 0.25) is 0 Å². The van der Waals surface area contributed by atoms with E-state index in [4.69, 9.17) is 0 Å². The second-order valence-electron chi connectivity index (χ2n) is 7.65. The molecule has 1 aromatic heterocycles. The molecule has 2 aromatic carbocycles. The lowest BCUT2D eigenvalue weighted by molar-refractivity contribution is 0.180. The van der Waals surface area contributed by atoms with E-state index in [2.05, 4.69) is 53.1 Å². The maximum Gasteiger partial charge on any atom is 0.0512 e. The van der Waals surface area contributed by atoms with Gasteiger partial charge in [0.15, 0.2) is 0 Å². The summed E-state index contributed by atoms with van der Waals surface area (Å²) < 4.78 is 2.50. The van der Waals surface area contributed by atoms with Crippen molar-refractivity contribution in [3.63, 3.8) is 0 Å². The fourth-order valence-corrected chi connectivity index (χ4v) is 4.01. The summed E-state index contributed by atoms with van der Waals surface area (Å²) in [7, 11) is 0. The van der Waals surface area contributed by atoms with Crippen LogP contribution in [0.3, 0.4) is 0 Å². The predicted molar refractivity (Wildman–Crippen MR) is 113 cm³/mol. The molecule has 1 atom stereocenters. The zero-order chi connectivity index (χ0) is 18.2. The first-order chi connectivity index (χ1) is 12.8. The molecule has 0 aliphatic heterocycles. The monoisotopic (exact) mass is 351 g/mol. The lowest BCUT2D eigenvalue weighted by Gasteiger charge is -2.08. The molecule has 0 spiro atoms. The highest BCUT2D eigenvalue weighted by Gasteiger charge is 2.08. The average molecular weight is 352 g/mol. The van der Waals surface area contributed by atoms with Crippen molar-refractivity contribution in [2.45, 2.75) is 77.4 Å². The van der Waals surface area contributed by atoms with Crippen LogP contribution in [0.2, 0.25) is 0 Å². The number of para-hydroxylation sites is 2. The van der Waals surface area contributed by atoms with E-state index >= 15 is 0 Å². The largest absolute Gasteiger partial charge is 0.393 e. The number of hydrogen-bond acceptors (Lipinski definition) is 1. The van der Waals surface area contributed by atoms with Gasteiger partial charge in [-0.05, 0) is 31.9 Å². The number of nitrogens with zero attached hydrogens (tertiary/aromatic N) is 1. The summed E-state index contributed by atoms with van der Waals surface area (Å²) in [6.45, 7) is 3.00. The zero-order valence-electron chi connectivity index (χ0n) is 16.2. The van der Waals surface area contributed by atoms with Gasteiger partial charge in [-0.1, -0.05) is 81.3 Å². The number of rotatable bonds is 11. The first-order valence-electron chi connectivity index (χ1n) is 10.4. The molecule has 0 saturated carbocycles. The van der Waals surface area contributed by atoms with Crippen molar-refractivity contribution in [1.29, 1.82) is 0 Å². The molecule has 0 radical (unpaired) electrons. The maximum absolute atomic E-state index is 9.26. The Labute approximate surface area is 157 Å². The summed E-state index contributed by atoms with van der Waals surface area (Å²) in [5, 5.41) is 12.0. The Morgan fingerprint density at radius 1 is 0.692 bits per heavy atom. The molecule has 2 heteroatoms. The van der Waals surface area contributed by atoms with E-state index < -0.39 is 0 Å². The smallest absolute Gasteiger partial charge is 0.0512 e. The van der Waals surface area contributed by atoms with Gasteiger partial charge in [-0.15, -0.1) is 0 Å². The molecule has 0 saturated heterocycles. The maximum atomic E-state index is 9.26. The SMILES string of the molecule is CC(O)CCCCCCCCCCn1c2ccccc2c2ccccc21. The average Bonchev–Trinajstić information content (AvgIpc) is 2.97. The Balaban J connectivity index is 1.43. The third-order valence-electron chi connectivity index (χ3n) is 5.43. The van der Waals surface area contributed by atoms with Crippen LogP contribution < -0.4 is 0 Å². The molecule has 3 aromatic rings. The number of hydrogen-bond donors (Lipinski definition) is 1. The van der Waals surface area contributed by atoms with Gasteiger partial charge in [-0.25, -0.2) is 0 Å². The van der Waals surface area contributed by atoms with Crippen LogP contribution in [0.15, 0.2) is 48.5 Å². The van der Waals surface area contributed by atoms with E-state index in [1.165, 1.54) is 73.2 Å². The van der Waals surface area contributed by atoms with Gasteiger partial charge in [-0.2, -0.15) is 0 Å². The molecule has 26 heavy (non-hydrogen) atoms. The van der Waals surface area contributed by atoms with Crippen LogP contribution in [0.4, 0.5) is 0 Å². The van der Waals surface area contributed by atoms with Crippen molar-refractivity contribution in [3.8, 4) is 0 Å². The van der Waals surface area contributed by atoms with Gasteiger partial charge in [0.05, 0.1) is 6.10 Å². The van der Waals surface area contributed by atoms with Gasteiger partial charge < -0.3 is 9.67 Å². The first-order valence-corrected chi connectivity index (χ1v) is 10.4. The Kier molecular flexibility index (Phi) is 7.13. The van der Waals surface area contributed by atoms with Crippen LogP contribution in [0.1, 0.15) is 64.7 Å². The minimum absolute atomic E-state index is 0.129. The van der Waals surface area contributed by atoms with Crippen molar-refractivity contribution in [3.05, 3.63) is 48.5 Å². The summed E-state index contributed by atoms with van der Waals surface area (Å²) in [6.07, 6.45) is 11.2. The molecule has 0 bridgehead atoms. The lowest BCUT2D eigenvalue weighted by Crippen LogP contribution is -1.98. The van der Waals surface area contributed by atoms with Crippen molar-refractivity contribution >= 4 is 21.8 Å². The number of fused-ring (bicyclic) bond motifs is 3. The fourth-order valence-electron chi connectivity index (χ4n) is 4.01. The highest BCUT2D eigenvalue weighted by atomic mass is 16.3. The van der Waals surface area contributed by atoms with Gasteiger partial charge in [0.25, 0.3) is 0 Å². The molecule has 1 N–H and O–H groups in total. The van der Waals surface area contributed by atoms with E-state index in [-0.39, 0.29) is 6.10 Å². The summed E-state index contributed by atoms with van der Waals surface area (Å²) in [5.74, 6) is 0. The molecule has 0 aliphatic carbocycles. The zero-order valence-corrected chi connectivity index (χ0v) is 16.2. The van der Waals surface area contributed by atoms with Crippen LogP contribution in [0.25, 0.3) is 21.8 Å². The van der Waals surface area contributed by atoms with Crippen LogP contribution in [0, 0.1) is 0 Å². The van der Waals surface area contributed by atoms with Crippen molar-refractivity contribution in [2.24, 2.45) is 0 Å². The van der Waals surface area contributed by atoms with Crippen LogP contribution >= 0.6 is 0 Å². The summed E-state index contributed by atoms with van der Waals surface area (Å²) in [6, 6.07) is 17.6. The first kappa shape index (κ1) is 19.0. The summed E-state index contributed by atoms with van der Waals surface area (Å²) >= 11 is 0. The van der Waals surface area contributed by atoms with Crippen LogP contribution in [0.5, 0.6) is 0 Å². The van der Waals surface area contributed by atoms with Crippen molar-refractivity contribution in [1.82, 2.24) is 4.57 Å². The Morgan fingerprint density at radius 3 is 1.69 bits per heavy atom. The number of aliphatic hydroxyl groups excluding tert-OH is 1. The number of unbranched alkanes of at least 4 members (excludes halogenated alkanes) is 7. The van der Waals surface area contributed by atoms with Crippen molar-refractivity contribution in [2.75, 3.05) is 0 Å². The molecule has 0 fully saturated rings. The van der Waals surface area contributed by atoms with E-state index in [1.54, 1.807) is 0 Å². The Bertz CT molecular complexity index is 749. The lowest BCUT2D eigenvalue weighted by atomic mass is 10.1. The summed E-state index contributed by atoms with van der Waals surface area (Å²) in [4.78, 5) is 0. The topological polar surface area (TPSA) is 25.2 Å². The number of aromatic nitrogens is 1. The second kappa shape index (κ2) is 9.78. The van der Waals surface area contributed by atoms with Gasteiger partial charge in [0, 0.05) is 28.4 Å². The molecule has 2 nitrogen and oxygen atoms in total. The Hall–Kier alpha value is -1.80. The minimum Gasteiger partial charge on any atom is -0.393 e. The van der Waals surface area contributed by atoms with E-state index in [0.29, 0.717) is 0 Å². The molecule has 0 aliphatic rings. The van der Waals surface area contributed by atoms with Crippen molar-refractivity contribution < 1.29 is 5.11 Å². The van der Waals surface area contributed by atoms with Gasteiger partial charge in [0.1, 0.15) is 0 Å². The Morgan fingerprint density at radius 2 is 1.15 bits per heavy atom. The van der Waals surface area contributed by atoms with E-state index in [9.17, 15) is 5.11 Å². The van der Waals surface area contributed by atoms with E-state index in [1.807, 2.05) is 6.92 Å². The molecule has 1 heterocycles. The second-order valence-corrected chi connectivity index (χ2v) is 7.65. The fraction of sp³-hybridized carbons (Fsp3) is 0.500. The standard InChI is InChI=1S/C24H33NO/c1-20(26)14-8-6-4-2-3-5-7-13-19-25-23-17-11-9-15-21(23)22-16-10-12-18-24(22)25/h9-12,15-18,20,26H,2-8,13-14,19H2,1H3. The number of benzene rings is 2. The highest BCUT2D eigenvalue weighted by Crippen LogP contribution is 2.29. The van der Waals surface area contributed by atoms with E-state index in [0.717, 1.165) is 13.0 Å². The highest BCUT2D eigenvalue weighted by molar-refractivity contribution is 6.07. The van der Waals surface area contributed by atoms with Gasteiger partial charge in [-0.3, -0.25) is 0 Å². The number of aliphatic hydroxyl groups is 1. The minimum atomic E-state index is -0.129. The molecule has 0 amide bonds. The van der Waals surface area contributed by atoms with Crippen LogP contribution in [-0.4, -0.2) is 15.8 Å². The predicted octanol–water partition coefficient (Wildman–Crippen LogP) is 6.69. The van der Waals surface area contributed by atoms with Gasteiger partial charge >= 0.3 is 0 Å². The van der Waals surface area contributed by atoms with Crippen LogP contribution in [-0.2, 0) is 6.54 Å². The molecular formula is C24H33NO. The number of aryl methyl sites for hydroxylation is 1.